The van der Waals surface area contributed by atoms with Crippen LogP contribution in [0.2, 0.25) is 0 Å². The zero-order valence-corrected chi connectivity index (χ0v) is 8.25. The minimum atomic E-state index is -0.314. The molecule has 13 heavy (non-hydrogen) atoms. The van der Waals surface area contributed by atoms with Crippen LogP contribution >= 0.6 is 0 Å². The van der Waals surface area contributed by atoms with Gasteiger partial charge in [-0.05, 0) is 19.3 Å². The van der Waals surface area contributed by atoms with Crippen molar-refractivity contribution in [2.45, 2.75) is 32.2 Å². The van der Waals surface area contributed by atoms with Gasteiger partial charge in [-0.3, -0.25) is 4.79 Å². The molecule has 3 heteroatoms. The smallest absolute Gasteiger partial charge is 0.239 e. The maximum Gasteiger partial charge on any atom is 0.239 e. The third-order valence-electron chi connectivity index (χ3n) is 2.54. The van der Waals surface area contributed by atoms with Crippen molar-refractivity contribution in [2.24, 2.45) is 5.73 Å². The first-order valence-corrected chi connectivity index (χ1v) is 4.86. The van der Waals surface area contributed by atoms with Crippen LogP contribution in [0.15, 0.2) is 12.2 Å². The average molecular weight is 182 g/mol. The van der Waals surface area contributed by atoms with E-state index < -0.39 is 0 Å². The lowest BCUT2D eigenvalue weighted by Gasteiger charge is -2.29. The number of nitrogens with zero attached hydrogens (tertiary/aromatic N) is 1. The number of piperidine rings is 1. The van der Waals surface area contributed by atoms with Crippen LogP contribution in [0.1, 0.15) is 26.2 Å². The third kappa shape index (κ3) is 2.56. The van der Waals surface area contributed by atoms with Crippen molar-refractivity contribution >= 4 is 5.91 Å². The van der Waals surface area contributed by atoms with Crippen molar-refractivity contribution in [2.75, 3.05) is 13.1 Å². The lowest BCUT2D eigenvalue weighted by molar-refractivity contribution is -0.133. The Labute approximate surface area is 79.6 Å². The Hall–Kier alpha value is -0.830. The average Bonchev–Trinajstić information content (AvgIpc) is 2.17. The molecule has 0 aromatic carbocycles. The monoisotopic (exact) mass is 182 g/mol. The van der Waals surface area contributed by atoms with Crippen molar-refractivity contribution in [3.63, 3.8) is 0 Å². The van der Waals surface area contributed by atoms with Gasteiger partial charge >= 0.3 is 0 Å². The number of rotatable bonds is 2. The summed E-state index contributed by atoms with van der Waals surface area (Å²) in [4.78, 5) is 13.5. The molecular formula is C10H18N2O. The van der Waals surface area contributed by atoms with Crippen LogP contribution in [0.5, 0.6) is 0 Å². The quantitative estimate of drug-likeness (QED) is 0.645. The van der Waals surface area contributed by atoms with Crippen LogP contribution in [0.3, 0.4) is 0 Å². The predicted octanol–water partition coefficient (Wildman–Crippen LogP) is 0.902. The summed E-state index contributed by atoms with van der Waals surface area (Å²) in [5, 5.41) is 0. The standard InChI is InChI=1S/C10H18N2O/c1-3-9(11)10(13)12-6-4-8(2)5-7-12/h9H,2-7,11H2,1H3. The molecule has 1 heterocycles. The number of nitrogens with two attached hydrogens (primary N) is 1. The van der Waals surface area contributed by atoms with Gasteiger partial charge in [0.1, 0.15) is 0 Å². The molecule has 74 valence electrons. The predicted molar refractivity (Wildman–Crippen MR) is 53.2 cm³/mol. The van der Waals surface area contributed by atoms with Gasteiger partial charge in [0.25, 0.3) is 0 Å². The third-order valence-corrected chi connectivity index (χ3v) is 2.54. The number of hydrogen-bond acceptors (Lipinski definition) is 2. The molecule has 1 unspecified atom stereocenters. The molecular weight excluding hydrogens is 164 g/mol. The van der Waals surface area contributed by atoms with Crippen molar-refractivity contribution in [1.82, 2.24) is 4.90 Å². The van der Waals surface area contributed by atoms with E-state index >= 15 is 0 Å². The lowest BCUT2D eigenvalue weighted by Crippen LogP contribution is -2.45. The summed E-state index contributed by atoms with van der Waals surface area (Å²) in [6, 6.07) is -0.314. The molecule has 1 aliphatic rings. The molecule has 0 aromatic rings. The Kier molecular flexibility index (Phi) is 3.48. The highest BCUT2D eigenvalue weighted by Crippen LogP contribution is 2.14. The molecule has 0 aliphatic carbocycles. The van der Waals surface area contributed by atoms with Gasteiger partial charge in [-0.2, -0.15) is 0 Å². The van der Waals surface area contributed by atoms with Gasteiger partial charge in [-0.1, -0.05) is 19.1 Å². The Morgan fingerprint density at radius 3 is 2.62 bits per heavy atom. The second-order valence-electron chi connectivity index (χ2n) is 3.59. The zero-order chi connectivity index (χ0) is 9.84. The summed E-state index contributed by atoms with van der Waals surface area (Å²) in [6.07, 6.45) is 2.58. The summed E-state index contributed by atoms with van der Waals surface area (Å²) >= 11 is 0. The van der Waals surface area contributed by atoms with Crippen LogP contribution in [-0.2, 0) is 4.79 Å². The van der Waals surface area contributed by atoms with Gasteiger partial charge in [0.2, 0.25) is 5.91 Å². The van der Waals surface area contributed by atoms with Crippen molar-refractivity contribution < 1.29 is 4.79 Å². The fourth-order valence-corrected chi connectivity index (χ4v) is 1.45. The van der Waals surface area contributed by atoms with Crippen molar-refractivity contribution in [3.8, 4) is 0 Å². The van der Waals surface area contributed by atoms with Crippen LogP contribution in [0.25, 0.3) is 0 Å². The second-order valence-corrected chi connectivity index (χ2v) is 3.59. The van der Waals surface area contributed by atoms with Gasteiger partial charge in [0, 0.05) is 13.1 Å². The lowest BCUT2D eigenvalue weighted by atomic mass is 10.0. The van der Waals surface area contributed by atoms with Crippen molar-refractivity contribution in [3.05, 3.63) is 12.2 Å². The maximum atomic E-state index is 11.6. The Morgan fingerprint density at radius 1 is 1.62 bits per heavy atom. The van der Waals surface area contributed by atoms with E-state index in [1.165, 1.54) is 5.57 Å². The second kappa shape index (κ2) is 4.42. The summed E-state index contributed by atoms with van der Waals surface area (Å²) in [5.74, 6) is 0.0926. The zero-order valence-electron chi connectivity index (χ0n) is 8.25. The van der Waals surface area contributed by atoms with Crippen molar-refractivity contribution in [1.29, 1.82) is 0 Å². The minimum Gasteiger partial charge on any atom is -0.341 e. The molecule has 0 spiro atoms. The van der Waals surface area contributed by atoms with E-state index in [-0.39, 0.29) is 11.9 Å². The van der Waals surface area contributed by atoms with Crippen LogP contribution in [0.4, 0.5) is 0 Å². The Morgan fingerprint density at radius 2 is 2.15 bits per heavy atom. The van der Waals surface area contributed by atoms with Crippen LogP contribution < -0.4 is 5.73 Å². The van der Waals surface area contributed by atoms with E-state index in [2.05, 4.69) is 6.58 Å². The summed E-state index contributed by atoms with van der Waals surface area (Å²) < 4.78 is 0. The highest BCUT2D eigenvalue weighted by Gasteiger charge is 2.21. The molecule has 1 rings (SSSR count). The van der Waals surface area contributed by atoms with Gasteiger partial charge in [-0.25, -0.2) is 0 Å². The Bertz CT molecular complexity index is 203. The molecule has 2 N–H and O–H groups in total. The van der Waals surface area contributed by atoms with Gasteiger partial charge in [0.05, 0.1) is 6.04 Å². The first-order chi connectivity index (χ1) is 6.15. The Balaban J connectivity index is 2.44. The molecule has 1 aliphatic heterocycles. The number of likely N-dealkylation sites (tertiary alicyclic amines) is 1. The maximum absolute atomic E-state index is 11.6. The SMILES string of the molecule is C=C1CCN(C(=O)C(N)CC)CC1. The van der Waals surface area contributed by atoms with E-state index in [1.54, 1.807) is 0 Å². The number of amides is 1. The van der Waals surface area contributed by atoms with Gasteiger partial charge < -0.3 is 10.6 Å². The molecule has 1 fully saturated rings. The fourth-order valence-electron chi connectivity index (χ4n) is 1.45. The van der Waals surface area contributed by atoms with Crippen LogP contribution in [-0.4, -0.2) is 29.9 Å². The molecule has 1 atom stereocenters. The fraction of sp³-hybridized carbons (Fsp3) is 0.700. The molecule has 1 saturated heterocycles. The number of hydrogen-bond donors (Lipinski definition) is 1. The molecule has 0 radical (unpaired) electrons. The van der Waals surface area contributed by atoms with E-state index in [0.29, 0.717) is 0 Å². The van der Waals surface area contributed by atoms with E-state index in [0.717, 1.165) is 32.4 Å². The highest BCUT2D eigenvalue weighted by molar-refractivity contribution is 5.81. The summed E-state index contributed by atoms with van der Waals surface area (Å²) in [5.41, 5.74) is 6.91. The highest BCUT2D eigenvalue weighted by atomic mass is 16.2. The molecule has 0 bridgehead atoms. The molecule has 0 aromatic heterocycles. The molecule has 0 saturated carbocycles. The summed E-state index contributed by atoms with van der Waals surface area (Å²) in [7, 11) is 0. The van der Waals surface area contributed by atoms with E-state index in [9.17, 15) is 4.79 Å². The summed E-state index contributed by atoms with van der Waals surface area (Å²) in [6.45, 7) is 7.43. The minimum absolute atomic E-state index is 0.0926. The first-order valence-electron chi connectivity index (χ1n) is 4.86. The molecule has 1 amide bonds. The van der Waals surface area contributed by atoms with Crippen LogP contribution in [0, 0.1) is 0 Å². The normalized spacial score (nSPS) is 20.2. The number of carbonyl (C=O) groups is 1. The topological polar surface area (TPSA) is 46.3 Å². The largest absolute Gasteiger partial charge is 0.341 e. The first kappa shape index (κ1) is 10.3. The van der Waals surface area contributed by atoms with Gasteiger partial charge in [-0.15, -0.1) is 0 Å². The number of carbonyl (C=O) groups excluding carboxylic acids is 1. The van der Waals surface area contributed by atoms with E-state index in [4.69, 9.17) is 5.73 Å². The van der Waals surface area contributed by atoms with E-state index in [1.807, 2.05) is 11.8 Å². The van der Waals surface area contributed by atoms with Gasteiger partial charge in [0.15, 0.2) is 0 Å². The molecule has 3 nitrogen and oxygen atoms in total.